The Hall–Kier alpha value is -1.10. The van der Waals surface area contributed by atoms with E-state index in [0.29, 0.717) is 6.54 Å². The van der Waals surface area contributed by atoms with Gasteiger partial charge in [-0.15, -0.1) is 0 Å². The molecule has 2 N–H and O–H groups in total. The molecule has 0 aromatic carbocycles. The van der Waals surface area contributed by atoms with Gasteiger partial charge in [-0.2, -0.15) is 0 Å². The van der Waals surface area contributed by atoms with Crippen LogP contribution in [0.2, 0.25) is 0 Å². The summed E-state index contributed by atoms with van der Waals surface area (Å²) < 4.78 is 0. The zero-order chi connectivity index (χ0) is 12.8. The molecule has 0 spiro atoms. The van der Waals surface area contributed by atoms with Crippen molar-refractivity contribution in [3.8, 4) is 0 Å². The minimum atomic E-state index is -0.0956. The van der Waals surface area contributed by atoms with E-state index >= 15 is 0 Å². The third-order valence-corrected chi connectivity index (χ3v) is 2.84. The molecular formula is C12H23N3O2. The Bertz CT molecular complexity index is 273. The third kappa shape index (κ3) is 4.34. The van der Waals surface area contributed by atoms with Crippen LogP contribution < -0.4 is 10.6 Å². The lowest BCUT2D eigenvalue weighted by Gasteiger charge is -2.24. The fourth-order valence-electron chi connectivity index (χ4n) is 2.00. The average Bonchev–Trinajstić information content (AvgIpc) is 2.77. The van der Waals surface area contributed by atoms with Crippen molar-refractivity contribution in [2.75, 3.05) is 19.6 Å². The molecule has 0 unspecified atom stereocenters. The first-order valence-corrected chi connectivity index (χ1v) is 6.36. The number of nitrogens with zero attached hydrogens (tertiary/aromatic N) is 1. The van der Waals surface area contributed by atoms with Gasteiger partial charge in [0.15, 0.2) is 0 Å². The van der Waals surface area contributed by atoms with Crippen molar-refractivity contribution in [1.82, 2.24) is 15.5 Å². The van der Waals surface area contributed by atoms with Crippen LogP contribution in [0.1, 0.15) is 33.6 Å². The number of likely N-dealkylation sites (N-methyl/N-ethyl adjacent to an activating group) is 1. The number of hydrogen-bond acceptors (Lipinski definition) is 3. The molecule has 0 aromatic rings. The normalized spacial score (nSPS) is 19.4. The Labute approximate surface area is 103 Å². The summed E-state index contributed by atoms with van der Waals surface area (Å²) in [5.41, 5.74) is 0. The van der Waals surface area contributed by atoms with Crippen LogP contribution in [0.15, 0.2) is 0 Å². The van der Waals surface area contributed by atoms with Gasteiger partial charge in [0.25, 0.3) is 0 Å². The lowest BCUT2D eigenvalue weighted by atomic mass is 10.2. The topological polar surface area (TPSA) is 61.4 Å². The van der Waals surface area contributed by atoms with Crippen molar-refractivity contribution in [3.05, 3.63) is 0 Å². The van der Waals surface area contributed by atoms with Crippen LogP contribution in [0.25, 0.3) is 0 Å². The van der Waals surface area contributed by atoms with E-state index in [2.05, 4.69) is 10.6 Å². The maximum absolute atomic E-state index is 12.1. The van der Waals surface area contributed by atoms with Crippen molar-refractivity contribution in [1.29, 1.82) is 0 Å². The fourth-order valence-corrected chi connectivity index (χ4v) is 2.00. The van der Waals surface area contributed by atoms with Crippen LogP contribution in [-0.2, 0) is 9.59 Å². The van der Waals surface area contributed by atoms with Crippen LogP contribution in [-0.4, -0.2) is 48.4 Å². The summed E-state index contributed by atoms with van der Waals surface area (Å²) >= 11 is 0. The molecule has 0 aromatic heterocycles. The van der Waals surface area contributed by atoms with Crippen molar-refractivity contribution in [2.24, 2.45) is 0 Å². The van der Waals surface area contributed by atoms with Crippen LogP contribution in [0.5, 0.6) is 0 Å². The zero-order valence-electron chi connectivity index (χ0n) is 11.0. The molecule has 1 fully saturated rings. The monoisotopic (exact) mass is 241 g/mol. The van der Waals surface area contributed by atoms with E-state index in [4.69, 9.17) is 0 Å². The Balaban J connectivity index is 2.46. The number of nitrogens with one attached hydrogen (secondary N) is 2. The summed E-state index contributed by atoms with van der Waals surface area (Å²) in [6.07, 6.45) is 1.91. The maximum Gasteiger partial charge on any atom is 0.240 e. The lowest BCUT2D eigenvalue weighted by molar-refractivity contribution is -0.137. The molecule has 2 amide bonds. The number of amides is 2. The lowest BCUT2D eigenvalue weighted by Crippen LogP contribution is -2.48. The van der Waals surface area contributed by atoms with Gasteiger partial charge < -0.3 is 15.5 Å². The van der Waals surface area contributed by atoms with Gasteiger partial charge in [-0.1, -0.05) is 0 Å². The maximum atomic E-state index is 12.1. The summed E-state index contributed by atoms with van der Waals surface area (Å²) in [5.74, 6) is -0.0443. The van der Waals surface area contributed by atoms with Gasteiger partial charge in [-0.25, -0.2) is 0 Å². The third-order valence-electron chi connectivity index (χ3n) is 2.84. The van der Waals surface area contributed by atoms with E-state index in [1.807, 2.05) is 20.8 Å². The Morgan fingerprint density at radius 3 is 2.65 bits per heavy atom. The first kappa shape index (κ1) is 14.0. The largest absolute Gasteiger partial charge is 0.352 e. The number of carbonyl (C=O) groups excluding carboxylic acids is 2. The quantitative estimate of drug-likeness (QED) is 0.718. The molecule has 0 bridgehead atoms. The van der Waals surface area contributed by atoms with E-state index in [0.717, 1.165) is 19.4 Å². The van der Waals surface area contributed by atoms with Crippen molar-refractivity contribution in [2.45, 2.75) is 45.7 Å². The van der Waals surface area contributed by atoms with Crippen LogP contribution in [0.3, 0.4) is 0 Å². The van der Waals surface area contributed by atoms with Crippen molar-refractivity contribution in [3.63, 3.8) is 0 Å². The van der Waals surface area contributed by atoms with Gasteiger partial charge in [-0.05, 0) is 40.2 Å². The highest BCUT2D eigenvalue weighted by Gasteiger charge is 2.27. The van der Waals surface area contributed by atoms with Crippen molar-refractivity contribution >= 4 is 11.8 Å². The zero-order valence-corrected chi connectivity index (χ0v) is 11.0. The molecule has 5 nitrogen and oxygen atoms in total. The summed E-state index contributed by atoms with van der Waals surface area (Å²) in [6.45, 7) is 7.35. The predicted octanol–water partition coefficient (Wildman–Crippen LogP) is 0.112. The molecule has 1 rings (SSSR count). The molecule has 1 saturated heterocycles. The van der Waals surface area contributed by atoms with Gasteiger partial charge >= 0.3 is 0 Å². The SMILES string of the molecule is CCN(CC(=O)NC(C)C)C(=O)[C@@H]1CCCN1. The minimum absolute atomic E-state index is 0.0453. The second kappa shape index (κ2) is 6.59. The molecule has 1 aliphatic rings. The number of rotatable bonds is 5. The van der Waals surface area contributed by atoms with E-state index < -0.39 is 0 Å². The van der Waals surface area contributed by atoms with Gasteiger partial charge in [0.05, 0.1) is 12.6 Å². The van der Waals surface area contributed by atoms with Crippen LogP contribution in [0.4, 0.5) is 0 Å². The van der Waals surface area contributed by atoms with Gasteiger partial charge in [0.1, 0.15) is 0 Å². The fraction of sp³-hybridized carbons (Fsp3) is 0.833. The first-order chi connectivity index (χ1) is 8.04. The van der Waals surface area contributed by atoms with Gasteiger partial charge in [-0.3, -0.25) is 9.59 Å². The predicted molar refractivity (Wildman–Crippen MR) is 66.6 cm³/mol. The van der Waals surface area contributed by atoms with E-state index in [-0.39, 0.29) is 30.4 Å². The molecule has 5 heteroatoms. The molecular weight excluding hydrogens is 218 g/mol. The molecule has 1 atom stereocenters. The Kier molecular flexibility index (Phi) is 5.41. The molecule has 98 valence electrons. The molecule has 17 heavy (non-hydrogen) atoms. The molecule has 0 saturated carbocycles. The Morgan fingerprint density at radius 1 is 1.47 bits per heavy atom. The standard InChI is InChI=1S/C12H23N3O2/c1-4-15(8-11(16)14-9(2)3)12(17)10-6-5-7-13-10/h9-10,13H,4-8H2,1-3H3,(H,14,16)/t10-/m0/s1. The highest BCUT2D eigenvalue weighted by Crippen LogP contribution is 2.08. The number of carbonyl (C=O) groups is 2. The van der Waals surface area contributed by atoms with Gasteiger partial charge in [0.2, 0.25) is 11.8 Å². The molecule has 1 heterocycles. The smallest absolute Gasteiger partial charge is 0.240 e. The average molecular weight is 241 g/mol. The van der Waals surface area contributed by atoms with Crippen LogP contribution in [0, 0.1) is 0 Å². The van der Waals surface area contributed by atoms with Gasteiger partial charge in [0, 0.05) is 12.6 Å². The molecule has 0 radical (unpaired) electrons. The van der Waals surface area contributed by atoms with E-state index in [1.54, 1.807) is 4.90 Å². The summed E-state index contributed by atoms with van der Waals surface area (Å²) in [7, 11) is 0. The van der Waals surface area contributed by atoms with Crippen LogP contribution >= 0.6 is 0 Å². The highest BCUT2D eigenvalue weighted by atomic mass is 16.2. The van der Waals surface area contributed by atoms with Crippen molar-refractivity contribution < 1.29 is 9.59 Å². The first-order valence-electron chi connectivity index (χ1n) is 6.36. The van der Waals surface area contributed by atoms with E-state index in [1.165, 1.54) is 0 Å². The van der Waals surface area contributed by atoms with E-state index in [9.17, 15) is 9.59 Å². The molecule has 1 aliphatic heterocycles. The highest BCUT2D eigenvalue weighted by molar-refractivity contribution is 5.87. The second-order valence-corrected chi connectivity index (χ2v) is 4.72. The summed E-state index contributed by atoms with van der Waals surface area (Å²) in [5, 5.41) is 5.96. The second-order valence-electron chi connectivity index (χ2n) is 4.72. The molecule has 0 aliphatic carbocycles. The minimum Gasteiger partial charge on any atom is -0.352 e. The summed E-state index contributed by atoms with van der Waals surface area (Å²) in [6, 6.07) is 0.0164. The summed E-state index contributed by atoms with van der Waals surface area (Å²) in [4.78, 5) is 25.3. The number of hydrogen-bond donors (Lipinski definition) is 2. The Morgan fingerprint density at radius 2 is 2.18 bits per heavy atom.